The fraction of sp³-hybridized carbons (Fsp3) is 0.211. The van der Waals surface area contributed by atoms with Crippen molar-refractivity contribution in [3.05, 3.63) is 63.3 Å². The van der Waals surface area contributed by atoms with Gasteiger partial charge in [-0.05, 0) is 43.0 Å². The normalized spacial score (nSPS) is 19.6. The molecule has 8 heteroatoms. The molecule has 3 amide bonds. The van der Waals surface area contributed by atoms with Crippen LogP contribution in [0.1, 0.15) is 23.9 Å². The Bertz CT molecular complexity index is 1030. The van der Waals surface area contributed by atoms with Gasteiger partial charge in [-0.1, -0.05) is 34.1 Å². The summed E-state index contributed by atoms with van der Waals surface area (Å²) in [5.41, 5.74) is 0.170. The zero-order valence-corrected chi connectivity index (χ0v) is 17.1. The Hall–Kier alpha value is -2.45. The molecule has 1 fully saturated rings. The van der Waals surface area contributed by atoms with Crippen molar-refractivity contribution in [2.24, 2.45) is 0 Å². The van der Waals surface area contributed by atoms with Crippen molar-refractivity contribution in [3.8, 4) is 10.8 Å². The van der Waals surface area contributed by atoms with E-state index in [2.05, 4.69) is 26.2 Å². The van der Waals surface area contributed by atoms with Crippen LogP contribution >= 0.6 is 27.3 Å². The highest BCUT2D eigenvalue weighted by atomic mass is 79.9. The van der Waals surface area contributed by atoms with Gasteiger partial charge in [0, 0.05) is 4.47 Å². The molecule has 1 atom stereocenters. The SMILES string of the molecule is Cc1oc(-c2cccs2)nc1CN1C(=O)N[C@](C)(c2cccc(Br)c2)C1=O. The fourth-order valence-electron chi connectivity index (χ4n) is 3.07. The van der Waals surface area contributed by atoms with E-state index in [1.807, 2.05) is 41.8 Å². The number of nitrogens with zero attached hydrogens (tertiary/aromatic N) is 2. The molecule has 0 aliphatic carbocycles. The van der Waals surface area contributed by atoms with E-state index >= 15 is 0 Å². The lowest BCUT2D eigenvalue weighted by molar-refractivity contribution is -0.131. The number of hydrogen-bond donors (Lipinski definition) is 1. The van der Waals surface area contributed by atoms with Crippen LogP contribution in [0.25, 0.3) is 10.8 Å². The van der Waals surface area contributed by atoms with Gasteiger partial charge in [0.05, 0.1) is 11.4 Å². The van der Waals surface area contributed by atoms with Gasteiger partial charge in [-0.25, -0.2) is 9.78 Å². The first-order valence-electron chi connectivity index (χ1n) is 8.29. The summed E-state index contributed by atoms with van der Waals surface area (Å²) >= 11 is 4.93. The van der Waals surface area contributed by atoms with Crippen molar-refractivity contribution < 1.29 is 14.0 Å². The monoisotopic (exact) mass is 445 g/mol. The van der Waals surface area contributed by atoms with Gasteiger partial charge in [-0.3, -0.25) is 9.69 Å². The van der Waals surface area contributed by atoms with Gasteiger partial charge >= 0.3 is 6.03 Å². The second kappa shape index (κ2) is 6.61. The summed E-state index contributed by atoms with van der Waals surface area (Å²) in [4.78, 5) is 32.2. The van der Waals surface area contributed by atoms with Crippen molar-refractivity contribution in [1.29, 1.82) is 0 Å². The van der Waals surface area contributed by atoms with Crippen molar-refractivity contribution >= 4 is 39.2 Å². The molecule has 1 aromatic carbocycles. The summed E-state index contributed by atoms with van der Waals surface area (Å²) in [5, 5.41) is 4.75. The minimum Gasteiger partial charge on any atom is -0.440 e. The molecular weight excluding hydrogens is 430 g/mol. The number of carbonyl (C=O) groups is 2. The average molecular weight is 446 g/mol. The van der Waals surface area contributed by atoms with E-state index < -0.39 is 11.6 Å². The Morgan fingerprint density at radius 1 is 1.30 bits per heavy atom. The number of thiophene rings is 1. The number of halogens is 1. The number of imide groups is 1. The summed E-state index contributed by atoms with van der Waals surface area (Å²) in [6.45, 7) is 3.56. The number of aromatic nitrogens is 1. The standard InChI is InChI=1S/C19H16BrN3O3S/c1-11-14(21-16(26-11)15-7-4-8-27-15)10-23-17(24)19(2,22-18(23)25)12-5-3-6-13(20)9-12/h3-9H,10H2,1-2H3,(H,22,25)/t19-/m1/s1. The van der Waals surface area contributed by atoms with Crippen LogP contribution in [0.15, 0.2) is 50.7 Å². The van der Waals surface area contributed by atoms with Crippen molar-refractivity contribution in [3.63, 3.8) is 0 Å². The molecule has 0 spiro atoms. The molecule has 6 nitrogen and oxygen atoms in total. The van der Waals surface area contributed by atoms with Crippen molar-refractivity contribution in [1.82, 2.24) is 15.2 Å². The highest BCUT2D eigenvalue weighted by Gasteiger charge is 2.49. The average Bonchev–Trinajstić information content (AvgIpc) is 3.32. The number of amides is 3. The molecular formula is C19H16BrN3O3S. The largest absolute Gasteiger partial charge is 0.440 e. The summed E-state index contributed by atoms with van der Waals surface area (Å²) in [6.07, 6.45) is 0. The number of nitrogens with one attached hydrogen (secondary N) is 1. The first-order chi connectivity index (χ1) is 12.9. The lowest BCUT2D eigenvalue weighted by atomic mass is 9.92. The molecule has 0 radical (unpaired) electrons. The predicted molar refractivity (Wildman–Crippen MR) is 105 cm³/mol. The Morgan fingerprint density at radius 3 is 2.81 bits per heavy atom. The van der Waals surface area contributed by atoms with Crippen LogP contribution in [0.2, 0.25) is 0 Å². The summed E-state index contributed by atoms with van der Waals surface area (Å²) < 4.78 is 6.56. The molecule has 3 aromatic rings. The third-order valence-electron chi connectivity index (χ3n) is 4.61. The Morgan fingerprint density at radius 2 is 2.11 bits per heavy atom. The van der Waals surface area contributed by atoms with E-state index in [1.54, 1.807) is 13.8 Å². The number of carbonyl (C=O) groups excluding carboxylic acids is 2. The number of aryl methyl sites for hydroxylation is 1. The first kappa shape index (κ1) is 17.9. The highest BCUT2D eigenvalue weighted by Crippen LogP contribution is 2.32. The van der Waals surface area contributed by atoms with Crippen LogP contribution in [0.3, 0.4) is 0 Å². The molecule has 138 valence electrons. The van der Waals surface area contributed by atoms with Crippen LogP contribution in [-0.2, 0) is 16.9 Å². The number of hydrogen-bond acceptors (Lipinski definition) is 5. The third kappa shape index (κ3) is 3.08. The maximum atomic E-state index is 13.1. The second-order valence-corrected chi connectivity index (χ2v) is 8.32. The molecule has 0 saturated carbocycles. The molecule has 27 heavy (non-hydrogen) atoms. The van der Waals surface area contributed by atoms with Gasteiger partial charge in [0.2, 0.25) is 5.89 Å². The van der Waals surface area contributed by atoms with Crippen LogP contribution in [0.4, 0.5) is 4.79 Å². The van der Waals surface area contributed by atoms with E-state index in [4.69, 9.17) is 4.42 Å². The number of benzene rings is 1. The van der Waals surface area contributed by atoms with E-state index in [0.717, 1.165) is 9.35 Å². The predicted octanol–water partition coefficient (Wildman–Crippen LogP) is 4.44. The second-order valence-electron chi connectivity index (χ2n) is 6.46. The van der Waals surface area contributed by atoms with Crippen LogP contribution in [-0.4, -0.2) is 21.8 Å². The summed E-state index contributed by atoms with van der Waals surface area (Å²) in [7, 11) is 0. The highest BCUT2D eigenvalue weighted by molar-refractivity contribution is 9.10. The minimum atomic E-state index is -1.12. The van der Waals surface area contributed by atoms with Crippen LogP contribution in [0.5, 0.6) is 0 Å². The number of oxazole rings is 1. The molecule has 1 N–H and O–H groups in total. The van der Waals surface area contributed by atoms with Crippen LogP contribution in [0, 0.1) is 6.92 Å². The van der Waals surface area contributed by atoms with E-state index in [-0.39, 0.29) is 12.5 Å². The smallest absolute Gasteiger partial charge is 0.325 e. The fourth-order valence-corrected chi connectivity index (χ4v) is 4.11. The van der Waals surface area contributed by atoms with Gasteiger partial charge in [0.15, 0.2) is 0 Å². The van der Waals surface area contributed by atoms with E-state index in [0.29, 0.717) is 22.9 Å². The molecule has 1 aliphatic rings. The first-order valence-corrected chi connectivity index (χ1v) is 9.96. The molecule has 4 rings (SSSR count). The van der Waals surface area contributed by atoms with Crippen LogP contribution < -0.4 is 5.32 Å². The Balaban J connectivity index is 1.62. The molecule has 3 heterocycles. The van der Waals surface area contributed by atoms with Gasteiger partial charge in [-0.2, -0.15) is 0 Å². The Labute approximate surface area is 168 Å². The third-order valence-corrected chi connectivity index (χ3v) is 5.96. The number of urea groups is 1. The number of rotatable bonds is 4. The lowest BCUT2D eigenvalue weighted by Crippen LogP contribution is -2.40. The van der Waals surface area contributed by atoms with E-state index in [1.165, 1.54) is 16.2 Å². The maximum Gasteiger partial charge on any atom is 0.325 e. The van der Waals surface area contributed by atoms with Gasteiger partial charge in [0.1, 0.15) is 17.0 Å². The quantitative estimate of drug-likeness (QED) is 0.602. The van der Waals surface area contributed by atoms with Crippen molar-refractivity contribution in [2.45, 2.75) is 25.9 Å². The van der Waals surface area contributed by atoms with Gasteiger partial charge in [-0.15, -0.1) is 11.3 Å². The summed E-state index contributed by atoms with van der Waals surface area (Å²) in [5.74, 6) is 0.778. The summed E-state index contributed by atoms with van der Waals surface area (Å²) in [6, 6.07) is 10.7. The minimum absolute atomic E-state index is 0.0645. The van der Waals surface area contributed by atoms with Gasteiger partial charge < -0.3 is 9.73 Å². The molecule has 0 unspecified atom stereocenters. The topological polar surface area (TPSA) is 75.4 Å². The van der Waals surface area contributed by atoms with E-state index in [9.17, 15) is 9.59 Å². The zero-order valence-electron chi connectivity index (χ0n) is 14.7. The zero-order chi connectivity index (χ0) is 19.2. The molecule has 2 aromatic heterocycles. The molecule has 0 bridgehead atoms. The van der Waals surface area contributed by atoms with Crippen molar-refractivity contribution in [2.75, 3.05) is 0 Å². The Kier molecular flexibility index (Phi) is 4.39. The van der Waals surface area contributed by atoms with Gasteiger partial charge in [0.25, 0.3) is 5.91 Å². The molecule has 1 saturated heterocycles. The molecule has 1 aliphatic heterocycles. The maximum absolute atomic E-state index is 13.1. The lowest BCUT2D eigenvalue weighted by Gasteiger charge is -2.22.